The maximum absolute atomic E-state index is 12.3. The monoisotopic (exact) mass is 355 g/mol. The highest BCUT2D eigenvalue weighted by molar-refractivity contribution is 7.80. The number of thiocarbonyl (C=S) groups is 1. The van der Waals surface area contributed by atoms with E-state index >= 15 is 0 Å². The second-order valence-electron chi connectivity index (χ2n) is 5.52. The van der Waals surface area contributed by atoms with Gasteiger partial charge in [0.25, 0.3) is 5.91 Å². The van der Waals surface area contributed by atoms with Gasteiger partial charge in [0.05, 0.1) is 5.97 Å². The Hall–Kier alpha value is -2.93. The first-order valence-electron chi connectivity index (χ1n) is 7.75. The van der Waals surface area contributed by atoms with Crippen molar-refractivity contribution in [3.63, 3.8) is 0 Å². The Morgan fingerprint density at radius 3 is 2.88 bits per heavy atom. The topological polar surface area (TPSA) is 85.6 Å². The Labute approximate surface area is 149 Å². The van der Waals surface area contributed by atoms with E-state index < -0.39 is 5.97 Å². The third-order valence-electron chi connectivity index (χ3n) is 3.71. The highest BCUT2D eigenvalue weighted by atomic mass is 32.1. The minimum absolute atomic E-state index is 0.0713. The Morgan fingerprint density at radius 2 is 2.16 bits per heavy atom. The lowest BCUT2D eigenvalue weighted by Gasteiger charge is -2.11. The summed E-state index contributed by atoms with van der Waals surface area (Å²) in [6.45, 7) is 2.53. The zero-order valence-electron chi connectivity index (χ0n) is 13.4. The van der Waals surface area contributed by atoms with Crippen molar-refractivity contribution in [1.82, 2.24) is 10.2 Å². The number of carboxylic acids is 1. The number of hydrogen-bond acceptors (Lipinski definition) is 5. The van der Waals surface area contributed by atoms with Gasteiger partial charge in [-0.25, -0.2) is 0 Å². The van der Waals surface area contributed by atoms with Gasteiger partial charge in [0.15, 0.2) is 5.11 Å². The summed E-state index contributed by atoms with van der Waals surface area (Å²) in [5.74, 6) is -0.482. The van der Waals surface area contributed by atoms with Crippen LogP contribution >= 0.6 is 12.2 Å². The third-order valence-corrected chi connectivity index (χ3v) is 4.03. The van der Waals surface area contributed by atoms with Crippen LogP contribution in [0.5, 0.6) is 0 Å². The first-order valence-corrected chi connectivity index (χ1v) is 8.16. The molecule has 0 unspecified atom stereocenters. The largest absolute Gasteiger partial charge is 0.545 e. The summed E-state index contributed by atoms with van der Waals surface area (Å²) in [6, 6.07) is 9.69. The molecule has 1 aliphatic rings. The fourth-order valence-corrected chi connectivity index (χ4v) is 2.81. The second-order valence-corrected chi connectivity index (χ2v) is 5.90. The molecule has 1 aromatic heterocycles. The van der Waals surface area contributed by atoms with Gasteiger partial charge in [0, 0.05) is 18.2 Å². The van der Waals surface area contributed by atoms with Crippen molar-refractivity contribution in [2.75, 3.05) is 6.54 Å². The second kappa shape index (κ2) is 6.90. The Kier molecular flexibility index (Phi) is 4.67. The van der Waals surface area contributed by atoms with Gasteiger partial charge >= 0.3 is 0 Å². The number of aromatic carboxylic acids is 1. The average molecular weight is 355 g/mol. The normalized spacial score (nSPS) is 15.7. The standard InChI is InChI=1S/C18H16N2O4S/c1-2-8-20-16(21)14(19-18(20)25)10-13-6-7-15(24-13)11-4-3-5-12(9-11)17(22)23/h3-7,9-10H,2,8H2,1H3,(H,19,25)(H,22,23)/p-1. The lowest BCUT2D eigenvalue weighted by atomic mass is 10.1. The number of rotatable bonds is 5. The van der Waals surface area contributed by atoms with Crippen molar-refractivity contribution in [3.05, 3.63) is 53.4 Å². The van der Waals surface area contributed by atoms with Gasteiger partial charge in [-0.15, -0.1) is 0 Å². The molecule has 1 N–H and O–H groups in total. The molecule has 0 spiro atoms. The van der Waals surface area contributed by atoms with Crippen LogP contribution in [0.25, 0.3) is 17.4 Å². The Balaban J connectivity index is 1.85. The summed E-state index contributed by atoms with van der Waals surface area (Å²) < 4.78 is 5.70. The molecule has 0 atom stereocenters. The lowest BCUT2D eigenvalue weighted by Crippen LogP contribution is -2.31. The van der Waals surface area contributed by atoms with E-state index in [0.29, 0.717) is 34.4 Å². The van der Waals surface area contributed by atoms with Gasteiger partial charge in [-0.3, -0.25) is 9.69 Å². The van der Waals surface area contributed by atoms with E-state index in [9.17, 15) is 14.7 Å². The summed E-state index contributed by atoms with van der Waals surface area (Å²) >= 11 is 5.16. The number of nitrogens with one attached hydrogen (secondary N) is 1. The third kappa shape index (κ3) is 3.46. The molecule has 1 fully saturated rings. The molecular weight excluding hydrogens is 340 g/mol. The average Bonchev–Trinajstić information content (AvgIpc) is 3.16. The van der Waals surface area contributed by atoms with Crippen molar-refractivity contribution in [2.45, 2.75) is 13.3 Å². The van der Waals surface area contributed by atoms with Crippen LogP contribution in [0, 0.1) is 0 Å². The van der Waals surface area contributed by atoms with Gasteiger partial charge in [0.1, 0.15) is 17.2 Å². The van der Waals surface area contributed by atoms with Crippen LogP contribution in [-0.4, -0.2) is 28.4 Å². The van der Waals surface area contributed by atoms with Crippen molar-refractivity contribution in [2.24, 2.45) is 0 Å². The summed E-state index contributed by atoms with van der Waals surface area (Å²) in [4.78, 5) is 24.8. The molecular formula is C18H15N2O4S-. The lowest BCUT2D eigenvalue weighted by molar-refractivity contribution is -0.255. The zero-order valence-corrected chi connectivity index (χ0v) is 14.3. The molecule has 0 radical (unpaired) electrons. The molecule has 1 aliphatic heterocycles. The molecule has 6 nitrogen and oxygen atoms in total. The molecule has 128 valence electrons. The smallest absolute Gasteiger partial charge is 0.276 e. The van der Waals surface area contributed by atoms with Gasteiger partial charge < -0.3 is 19.6 Å². The summed E-state index contributed by atoms with van der Waals surface area (Å²) in [7, 11) is 0. The van der Waals surface area contributed by atoms with Crippen molar-refractivity contribution < 1.29 is 19.1 Å². The molecule has 1 saturated heterocycles. The maximum atomic E-state index is 12.3. The molecule has 0 aliphatic carbocycles. The van der Waals surface area contributed by atoms with E-state index in [2.05, 4.69) is 5.32 Å². The van der Waals surface area contributed by atoms with Crippen molar-refractivity contribution >= 4 is 35.3 Å². The molecule has 7 heteroatoms. The maximum Gasteiger partial charge on any atom is 0.276 e. The van der Waals surface area contributed by atoms with E-state index in [1.807, 2.05) is 6.92 Å². The van der Waals surface area contributed by atoms with Crippen LogP contribution in [0.1, 0.15) is 29.5 Å². The van der Waals surface area contributed by atoms with Crippen molar-refractivity contribution in [3.8, 4) is 11.3 Å². The predicted molar refractivity (Wildman–Crippen MR) is 94.2 cm³/mol. The summed E-state index contributed by atoms with van der Waals surface area (Å²) in [6.07, 6.45) is 2.39. The van der Waals surface area contributed by atoms with Crippen LogP contribution in [0.3, 0.4) is 0 Å². The van der Waals surface area contributed by atoms with Crippen LogP contribution in [-0.2, 0) is 4.79 Å². The fraction of sp³-hybridized carbons (Fsp3) is 0.167. The SMILES string of the molecule is CCCN1C(=O)C(=Cc2ccc(-c3cccc(C(=O)[O-])c3)o2)NC1=S. The van der Waals surface area contributed by atoms with E-state index in [1.54, 1.807) is 30.3 Å². The van der Waals surface area contributed by atoms with Gasteiger partial charge in [-0.2, -0.15) is 0 Å². The molecule has 1 amide bonds. The van der Waals surface area contributed by atoms with Gasteiger partial charge in [-0.05, 0) is 42.4 Å². The van der Waals surface area contributed by atoms with Crippen LogP contribution in [0.15, 0.2) is 46.5 Å². The van der Waals surface area contributed by atoms with E-state index in [1.165, 1.54) is 17.0 Å². The molecule has 3 rings (SSSR count). The fourth-order valence-electron chi connectivity index (χ4n) is 2.53. The van der Waals surface area contributed by atoms with Crippen LogP contribution in [0.2, 0.25) is 0 Å². The number of carboxylic acid groups (broad SMARTS) is 1. The van der Waals surface area contributed by atoms with E-state index in [-0.39, 0.29) is 11.5 Å². The zero-order chi connectivity index (χ0) is 18.0. The molecule has 2 aromatic rings. The molecule has 0 saturated carbocycles. The van der Waals surface area contributed by atoms with Crippen LogP contribution < -0.4 is 10.4 Å². The number of hydrogen-bond donors (Lipinski definition) is 1. The molecule has 0 bridgehead atoms. The number of nitrogens with zero attached hydrogens (tertiary/aromatic N) is 1. The number of carbonyl (C=O) groups excluding carboxylic acids is 2. The van der Waals surface area contributed by atoms with E-state index in [0.717, 1.165) is 6.42 Å². The number of amides is 1. The molecule has 25 heavy (non-hydrogen) atoms. The minimum atomic E-state index is -1.25. The van der Waals surface area contributed by atoms with Gasteiger partial charge in [-0.1, -0.05) is 25.1 Å². The number of carbonyl (C=O) groups is 2. The molecule has 1 aromatic carbocycles. The highest BCUT2D eigenvalue weighted by Gasteiger charge is 2.29. The van der Waals surface area contributed by atoms with Crippen molar-refractivity contribution in [1.29, 1.82) is 0 Å². The Morgan fingerprint density at radius 1 is 1.36 bits per heavy atom. The minimum Gasteiger partial charge on any atom is -0.545 e. The highest BCUT2D eigenvalue weighted by Crippen LogP contribution is 2.25. The summed E-state index contributed by atoms with van der Waals surface area (Å²) in [5.41, 5.74) is 1.03. The molecule has 2 heterocycles. The first-order chi connectivity index (χ1) is 12.0. The first kappa shape index (κ1) is 16.9. The summed E-state index contributed by atoms with van der Waals surface area (Å²) in [5, 5.41) is 14.2. The van der Waals surface area contributed by atoms with E-state index in [4.69, 9.17) is 16.6 Å². The quantitative estimate of drug-likeness (QED) is 0.650. The van der Waals surface area contributed by atoms with Crippen LogP contribution in [0.4, 0.5) is 0 Å². The predicted octanol–water partition coefficient (Wildman–Crippen LogP) is 1.78. The number of furan rings is 1. The number of benzene rings is 1. The van der Waals surface area contributed by atoms with Gasteiger partial charge in [0.2, 0.25) is 0 Å². The Bertz CT molecular complexity index is 885.